The Morgan fingerprint density at radius 2 is 1.54 bits per heavy atom. The molecule has 0 spiro atoms. The molecule has 7 heteroatoms. The lowest BCUT2D eigenvalue weighted by molar-refractivity contribution is 0.410. The molecule has 0 aliphatic carbocycles. The van der Waals surface area contributed by atoms with E-state index in [1.807, 2.05) is 28.9 Å². The Bertz CT molecular complexity index is 889. The quantitative estimate of drug-likeness (QED) is 0.751. The van der Waals surface area contributed by atoms with Gasteiger partial charge in [-0.2, -0.15) is 4.98 Å². The van der Waals surface area contributed by atoms with Crippen molar-refractivity contribution in [2.45, 2.75) is 18.5 Å². The van der Waals surface area contributed by atoms with Crippen molar-refractivity contribution < 1.29 is 9.47 Å². The van der Waals surface area contributed by atoms with Gasteiger partial charge in [-0.25, -0.2) is 4.68 Å². The zero-order valence-electron chi connectivity index (χ0n) is 14.7. The maximum Gasteiger partial charge on any atom is 0.241 e. The van der Waals surface area contributed by atoms with E-state index >= 15 is 0 Å². The molecule has 7 nitrogen and oxygen atoms in total. The van der Waals surface area contributed by atoms with Crippen molar-refractivity contribution in [2.24, 2.45) is 0 Å². The highest BCUT2D eigenvalue weighted by atomic mass is 16.5. The van der Waals surface area contributed by atoms with Crippen LogP contribution in [0, 0.1) is 0 Å². The van der Waals surface area contributed by atoms with Crippen molar-refractivity contribution in [3.8, 4) is 11.5 Å². The lowest BCUT2D eigenvalue weighted by Crippen LogP contribution is -2.28. The Balaban J connectivity index is 1.69. The van der Waals surface area contributed by atoms with E-state index in [2.05, 4.69) is 39.7 Å². The molecule has 0 radical (unpaired) electrons. The first-order valence-electron chi connectivity index (χ1n) is 8.44. The van der Waals surface area contributed by atoms with Crippen LogP contribution in [0.1, 0.15) is 29.6 Å². The molecule has 2 atom stereocenters. The number of ether oxygens (including phenoxy) is 2. The van der Waals surface area contributed by atoms with E-state index in [1.165, 1.54) is 0 Å². The number of fused-ring (bicyclic) bond motifs is 1. The fourth-order valence-corrected chi connectivity index (χ4v) is 3.35. The van der Waals surface area contributed by atoms with Gasteiger partial charge < -0.3 is 20.5 Å². The van der Waals surface area contributed by atoms with E-state index in [0.717, 1.165) is 29.0 Å². The molecule has 0 amide bonds. The molecule has 0 unspecified atom stereocenters. The minimum absolute atomic E-state index is 0.0362. The largest absolute Gasteiger partial charge is 0.497 e. The SMILES string of the molecule is COc1ccc([C@@H]2C[C@H](c3ccc(OC)cc3)n3nc(N)nc3N2)cc1. The number of anilines is 2. The van der Waals surface area contributed by atoms with Gasteiger partial charge in [-0.1, -0.05) is 24.3 Å². The Labute approximate surface area is 151 Å². The molecular weight excluding hydrogens is 330 g/mol. The smallest absolute Gasteiger partial charge is 0.241 e. The van der Waals surface area contributed by atoms with Crippen LogP contribution in [0.15, 0.2) is 48.5 Å². The molecule has 2 heterocycles. The van der Waals surface area contributed by atoms with Crippen LogP contribution in [0.4, 0.5) is 11.9 Å². The van der Waals surface area contributed by atoms with Gasteiger partial charge in [-0.3, -0.25) is 0 Å². The van der Waals surface area contributed by atoms with Crippen molar-refractivity contribution in [3.05, 3.63) is 59.7 Å². The number of nitrogens with two attached hydrogens (primary N) is 1. The zero-order chi connectivity index (χ0) is 18.1. The maximum absolute atomic E-state index is 5.85. The lowest BCUT2D eigenvalue weighted by atomic mass is 9.93. The average Bonchev–Trinajstić information content (AvgIpc) is 3.07. The Morgan fingerprint density at radius 1 is 0.962 bits per heavy atom. The van der Waals surface area contributed by atoms with Gasteiger partial charge in [0.1, 0.15) is 11.5 Å². The predicted octanol–water partition coefficient (Wildman–Crippen LogP) is 3.02. The van der Waals surface area contributed by atoms with Crippen LogP contribution in [-0.4, -0.2) is 29.0 Å². The number of nitrogen functional groups attached to an aromatic ring is 1. The van der Waals surface area contributed by atoms with Gasteiger partial charge in [-0.15, -0.1) is 5.10 Å². The summed E-state index contributed by atoms with van der Waals surface area (Å²) in [6.07, 6.45) is 0.828. The van der Waals surface area contributed by atoms with Gasteiger partial charge in [0.25, 0.3) is 0 Å². The highest BCUT2D eigenvalue weighted by Crippen LogP contribution is 2.38. The summed E-state index contributed by atoms with van der Waals surface area (Å²) in [5.74, 6) is 2.60. The van der Waals surface area contributed by atoms with Crippen molar-refractivity contribution >= 4 is 11.9 Å². The fourth-order valence-electron chi connectivity index (χ4n) is 3.35. The molecule has 0 saturated heterocycles. The fraction of sp³-hybridized carbons (Fsp3) is 0.263. The molecule has 134 valence electrons. The van der Waals surface area contributed by atoms with Crippen molar-refractivity contribution in [1.29, 1.82) is 0 Å². The molecular formula is C19H21N5O2. The van der Waals surface area contributed by atoms with Crippen LogP contribution in [0.5, 0.6) is 11.5 Å². The van der Waals surface area contributed by atoms with Gasteiger partial charge in [0.05, 0.1) is 26.3 Å². The minimum atomic E-state index is 0.0362. The third kappa shape index (κ3) is 2.92. The number of nitrogens with zero attached hydrogens (tertiary/aromatic N) is 3. The van der Waals surface area contributed by atoms with Crippen molar-refractivity contribution in [1.82, 2.24) is 14.8 Å². The second kappa shape index (κ2) is 6.59. The molecule has 0 fully saturated rings. The summed E-state index contributed by atoms with van der Waals surface area (Å²) < 4.78 is 12.4. The molecule has 2 aromatic carbocycles. The van der Waals surface area contributed by atoms with Crippen LogP contribution in [-0.2, 0) is 0 Å². The molecule has 1 aliphatic rings. The number of rotatable bonds is 4. The molecule has 1 aromatic heterocycles. The number of hydrogen-bond donors (Lipinski definition) is 2. The first kappa shape index (κ1) is 16.3. The van der Waals surface area contributed by atoms with E-state index in [-0.39, 0.29) is 18.0 Å². The Morgan fingerprint density at radius 3 is 2.12 bits per heavy atom. The highest BCUT2D eigenvalue weighted by molar-refractivity contribution is 5.43. The number of hydrogen-bond acceptors (Lipinski definition) is 6. The van der Waals surface area contributed by atoms with Crippen molar-refractivity contribution in [3.63, 3.8) is 0 Å². The standard InChI is InChI=1S/C19H21N5O2/c1-25-14-7-3-12(4-8-14)16-11-17(13-5-9-15(26-2)10-6-13)24-19(21-16)22-18(20)23-24/h3-10,16-17H,11H2,1-2H3,(H3,20,21,22,23)/t16-,17+/m0/s1. The molecule has 3 N–H and O–H groups in total. The number of aromatic nitrogens is 3. The Kier molecular flexibility index (Phi) is 4.12. The molecule has 1 aliphatic heterocycles. The minimum Gasteiger partial charge on any atom is -0.497 e. The van der Waals surface area contributed by atoms with Gasteiger partial charge >= 0.3 is 0 Å². The lowest BCUT2D eigenvalue weighted by Gasteiger charge is -2.31. The molecule has 26 heavy (non-hydrogen) atoms. The number of benzene rings is 2. The molecule has 3 aromatic rings. The van der Waals surface area contributed by atoms with Crippen LogP contribution in [0.3, 0.4) is 0 Å². The average molecular weight is 351 g/mol. The summed E-state index contributed by atoms with van der Waals surface area (Å²) in [5, 5.41) is 7.81. The highest BCUT2D eigenvalue weighted by Gasteiger charge is 2.30. The van der Waals surface area contributed by atoms with Crippen LogP contribution in [0.2, 0.25) is 0 Å². The van der Waals surface area contributed by atoms with E-state index in [9.17, 15) is 0 Å². The van der Waals surface area contributed by atoms with Crippen LogP contribution < -0.4 is 20.5 Å². The summed E-state index contributed by atoms with van der Waals surface area (Å²) in [4.78, 5) is 4.34. The van der Waals surface area contributed by atoms with Crippen LogP contribution >= 0.6 is 0 Å². The zero-order valence-corrected chi connectivity index (χ0v) is 14.7. The van der Waals surface area contributed by atoms with Gasteiger partial charge in [0.15, 0.2) is 0 Å². The third-order valence-corrected chi connectivity index (χ3v) is 4.72. The second-order valence-electron chi connectivity index (χ2n) is 6.23. The predicted molar refractivity (Wildman–Crippen MR) is 99.5 cm³/mol. The van der Waals surface area contributed by atoms with E-state index < -0.39 is 0 Å². The number of methoxy groups -OCH3 is 2. The monoisotopic (exact) mass is 351 g/mol. The molecule has 4 rings (SSSR count). The van der Waals surface area contributed by atoms with Gasteiger partial charge in [0, 0.05) is 0 Å². The number of nitrogens with one attached hydrogen (secondary N) is 1. The third-order valence-electron chi connectivity index (χ3n) is 4.72. The van der Waals surface area contributed by atoms with Crippen molar-refractivity contribution in [2.75, 3.05) is 25.3 Å². The summed E-state index contributed by atoms with van der Waals surface area (Å²) in [6.45, 7) is 0. The van der Waals surface area contributed by atoms with E-state index in [0.29, 0.717) is 5.95 Å². The summed E-state index contributed by atoms with van der Waals surface area (Å²) >= 11 is 0. The summed E-state index contributed by atoms with van der Waals surface area (Å²) in [7, 11) is 3.33. The van der Waals surface area contributed by atoms with E-state index in [1.54, 1.807) is 14.2 Å². The normalized spacial score (nSPS) is 18.7. The van der Waals surface area contributed by atoms with Gasteiger partial charge in [-0.05, 0) is 41.8 Å². The summed E-state index contributed by atoms with van der Waals surface area (Å²) in [6, 6.07) is 16.2. The Hall–Kier alpha value is -3.22. The molecule has 0 saturated carbocycles. The second-order valence-corrected chi connectivity index (χ2v) is 6.23. The molecule has 0 bridgehead atoms. The topological polar surface area (TPSA) is 87.2 Å². The maximum atomic E-state index is 5.85. The first-order chi connectivity index (χ1) is 12.7. The van der Waals surface area contributed by atoms with Gasteiger partial charge in [0.2, 0.25) is 11.9 Å². The first-order valence-corrected chi connectivity index (χ1v) is 8.44. The van der Waals surface area contributed by atoms with Crippen LogP contribution in [0.25, 0.3) is 0 Å². The summed E-state index contributed by atoms with van der Waals surface area (Å²) in [5.41, 5.74) is 8.15. The van der Waals surface area contributed by atoms with E-state index in [4.69, 9.17) is 15.2 Å².